The van der Waals surface area contributed by atoms with Crippen molar-refractivity contribution in [2.75, 3.05) is 26.8 Å². The Morgan fingerprint density at radius 1 is 1.00 bits per heavy atom. The van der Waals surface area contributed by atoms with Crippen LogP contribution in [0.4, 0.5) is 0 Å². The summed E-state index contributed by atoms with van der Waals surface area (Å²) in [6.45, 7) is 12.2. The quantitative estimate of drug-likeness (QED) is 0.559. The Morgan fingerprint density at radius 3 is 2.24 bits per heavy atom. The Balaban J connectivity index is 3.71. The molecule has 0 spiro atoms. The van der Waals surface area contributed by atoms with Crippen LogP contribution < -0.4 is 5.32 Å². The van der Waals surface area contributed by atoms with Gasteiger partial charge in [-0.15, -0.1) is 0 Å². The summed E-state index contributed by atoms with van der Waals surface area (Å²) in [5.74, 6) is 2.49. The molecule has 1 unspecified atom stereocenters. The van der Waals surface area contributed by atoms with Gasteiger partial charge in [0, 0.05) is 13.7 Å². The van der Waals surface area contributed by atoms with Crippen LogP contribution in [0.5, 0.6) is 0 Å². The minimum Gasteiger partial charge on any atom is -0.383 e. The number of rotatable bonds is 11. The van der Waals surface area contributed by atoms with Crippen LogP contribution in [-0.2, 0) is 4.74 Å². The van der Waals surface area contributed by atoms with Gasteiger partial charge in [0.15, 0.2) is 0 Å². The van der Waals surface area contributed by atoms with Gasteiger partial charge in [-0.3, -0.25) is 0 Å². The van der Waals surface area contributed by atoms with E-state index in [-0.39, 0.29) is 0 Å². The van der Waals surface area contributed by atoms with Gasteiger partial charge in [-0.25, -0.2) is 0 Å². The average molecular weight is 243 g/mol. The zero-order valence-electron chi connectivity index (χ0n) is 12.6. The molecule has 0 aromatic carbocycles. The number of hydrogen-bond acceptors (Lipinski definition) is 2. The molecule has 0 saturated carbocycles. The molecule has 0 aliphatic heterocycles. The first-order valence-corrected chi connectivity index (χ1v) is 7.25. The van der Waals surface area contributed by atoms with E-state index in [1.165, 1.54) is 25.7 Å². The number of hydrogen-bond donors (Lipinski definition) is 1. The second-order valence-electron chi connectivity index (χ2n) is 6.02. The summed E-state index contributed by atoms with van der Waals surface area (Å²) in [5.41, 5.74) is 0. The summed E-state index contributed by atoms with van der Waals surface area (Å²) in [6, 6.07) is 0. The van der Waals surface area contributed by atoms with E-state index in [1.54, 1.807) is 7.11 Å². The summed E-state index contributed by atoms with van der Waals surface area (Å²) in [4.78, 5) is 0. The molecule has 0 saturated heterocycles. The summed E-state index contributed by atoms with van der Waals surface area (Å²) in [7, 11) is 1.76. The van der Waals surface area contributed by atoms with Crippen LogP contribution in [0.2, 0.25) is 0 Å². The minimum absolute atomic E-state index is 0.809. The van der Waals surface area contributed by atoms with Gasteiger partial charge in [0.05, 0.1) is 6.61 Å². The third kappa shape index (κ3) is 12.2. The molecule has 104 valence electrons. The van der Waals surface area contributed by atoms with E-state index in [0.29, 0.717) is 0 Å². The van der Waals surface area contributed by atoms with Crippen molar-refractivity contribution >= 4 is 0 Å². The molecular formula is C15H33NO. The van der Waals surface area contributed by atoms with Gasteiger partial charge >= 0.3 is 0 Å². The zero-order valence-corrected chi connectivity index (χ0v) is 12.6. The van der Waals surface area contributed by atoms with Crippen LogP contribution in [0.25, 0.3) is 0 Å². The first kappa shape index (κ1) is 16.9. The first-order valence-electron chi connectivity index (χ1n) is 7.25. The van der Waals surface area contributed by atoms with Crippen molar-refractivity contribution in [1.29, 1.82) is 0 Å². The van der Waals surface area contributed by atoms with Gasteiger partial charge in [-0.05, 0) is 37.1 Å². The fourth-order valence-corrected chi connectivity index (χ4v) is 2.27. The smallest absolute Gasteiger partial charge is 0.0587 e. The Labute approximate surface area is 109 Å². The molecule has 0 aliphatic carbocycles. The lowest BCUT2D eigenvalue weighted by molar-refractivity contribution is 0.196. The van der Waals surface area contributed by atoms with Crippen molar-refractivity contribution in [3.05, 3.63) is 0 Å². The molecule has 0 fully saturated rings. The maximum Gasteiger partial charge on any atom is 0.0587 e. The highest BCUT2D eigenvalue weighted by Gasteiger charge is 2.10. The lowest BCUT2D eigenvalue weighted by Gasteiger charge is -2.20. The molecule has 2 heteroatoms. The maximum absolute atomic E-state index is 5.05. The fraction of sp³-hybridized carbons (Fsp3) is 1.00. The predicted molar refractivity (Wildman–Crippen MR) is 76.4 cm³/mol. The van der Waals surface area contributed by atoms with E-state index in [1.807, 2.05) is 0 Å². The summed E-state index contributed by atoms with van der Waals surface area (Å²) < 4.78 is 5.05. The minimum atomic E-state index is 0.809. The molecule has 17 heavy (non-hydrogen) atoms. The Bertz CT molecular complexity index is 157. The molecule has 0 heterocycles. The SMILES string of the molecule is COCCNCC(CCCC(C)C)CC(C)C. The van der Waals surface area contributed by atoms with Crippen molar-refractivity contribution in [2.24, 2.45) is 17.8 Å². The number of nitrogens with one attached hydrogen (secondary N) is 1. The zero-order chi connectivity index (χ0) is 13.1. The molecule has 0 aromatic heterocycles. The summed E-state index contributed by atoms with van der Waals surface area (Å²) in [6.07, 6.45) is 5.46. The average Bonchev–Trinajstić information content (AvgIpc) is 2.22. The van der Waals surface area contributed by atoms with Crippen LogP contribution in [0.3, 0.4) is 0 Å². The highest BCUT2D eigenvalue weighted by Crippen LogP contribution is 2.19. The third-order valence-electron chi connectivity index (χ3n) is 3.11. The van der Waals surface area contributed by atoms with E-state index in [2.05, 4.69) is 33.0 Å². The Morgan fingerprint density at radius 2 is 1.71 bits per heavy atom. The molecule has 1 N–H and O–H groups in total. The second kappa shape index (κ2) is 11.0. The number of methoxy groups -OCH3 is 1. The van der Waals surface area contributed by atoms with E-state index < -0.39 is 0 Å². The van der Waals surface area contributed by atoms with E-state index >= 15 is 0 Å². The monoisotopic (exact) mass is 243 g/mol. The van der Waals surface area contributed by atoms with Crippen molar-refractivity contribution in [1.82, 2.24) is 5.32 Å². The normalized spacial score (nSPS) is 13.6. The molecule has 0 aromatic rings. The van der Waals surface area contributed by atoms with Gasteiger partial charge in [-0.2, -0.15) is 0 Å². The van der Waals surface area contributed by atoms with Gasteiger partial charge in [0.25, 0.3) is 0 Å². The lowest BCUT2D eigenvalue weighted by atomic mass is 9.91. The topological polar surface area (TPSA) is 21.3 Å². The van der Waals surface area contributed by atoms with Crippen LogP contribution >= 0.6 is 0 Å². The molecule has 1 atom stereocenters. The standard InChI is InChI=1S/C15H33NO/c1-13(2)7-6-8-15(11-14(3)4)12-16-9-10-17-5/h13-16H,6-12H2,1-5H3. The molecule has 0 amide bonds. The van der Waals surface area contributed by atoms with Crippen molar-refractivity contribution in [3.8, 4) is 0 Å². The van der Waals surface area contributed by atoms with E-state index in [0.717, 1.165) is 37.5 Å². The number of ether oxygens (including phenoxy) is 1. The lowest BCUT2D eigenvalue weighted by Crippen LogP contribution is -2.27. The van der Waals surface area contributed by atoms with Crippen molar-refractivity contribution in [3.63, 3.8) is 0 Å². The van der Waals surface area contributed by atoms with Crippen molar-refractivity contribution < 1.29 is 4.74 Å². The first-order chi connectivity index (χ1) is 8.06. The fourth-order valence-electron chi connectivity index (χ4n) is 2.27. The summed E-state index contributed by atoms with van der Waals surface area (Å²) in [5, 5.41) is 3.50. The van der Waals surface area contributed by atoms with E-state index in [9.17, 15) is 0 Å². The Hall–Kier alpha value is -0.0800. The molecule has 0 rings (SSSR count). The molecular weight excluding hydrogens is 210 g/mol. The molecule has 2 nitrogen and oxygen atoms in total. The van der Waals surface area contributed by atoms with Crippen LogP contribution in [-0.4, -0.2) is 26.8 Å². The highest BCUT2D eigenvalue weighted by molar-refractivity contribution is 4.65. The Kier molecular flexibility index (Phi) is 11.0. The second-order valence-corrected chi connectivity index (χ2v) is 6.02. The van der Waals surface area contributed by atoms with Gasteiger partial charge < -0.3 is 10.1 Å². The molecule has 0 radical (unpaired) electrons. The molecule has 0 aliphatic rings. The molecule has 0 bridgehead atoms. The van der Waals surface area contributed by atoms with Crippen LogP contribution in [0, 0.1) is 17.8 Å². The highest BCUT2D eigenvalue weighted by atomic mass is 16.5. The maximum atomic E-state index is 5.05. The van der Waals surface area contributed by atoms with Crippen LogP contribution in [0.1, 0.15) is 53.4 Å². The van der Waals surface area contributed by atoms with Crippen LogP contribution in [0.15, 0.2) is 0 Å². The van der Waals surface area contributed by atoms with E-state index in [4.69, 9.17) is 4.74 Å². The predicted octanol–water partition coefficient (Wildman–Crippen LogP) is 3.71. The van der Waals surface area contributed by atoms with Gasteiger partial charge in [-0.1, -0.05) is 40.5 Å². The largest absolute Gasteiger partial charge is 0.383 e. The third-order valence-corrected chi connectivity index (χ3v) is 3.11. The van der Waals surface area contributed by atoms with Crippen molar-refractivity contribution in [2.45, 2.75) is 53.4 Å². The van der Waals surface area contributed by atoms with Gasteiger partial charge in [0.2, 0.25) is 0 Å². The van der Waals surface area contributed by atoms with Gasteiger partial charge in [0.1, 0.15) is 0 Å². The summed E-state index contributed by atoms with van der Waals surface area (Å²) >= 11 is 0.